The molecule has 18 nitrogen and oxygen atoms in total. The Labute approximate surface area is 1080 Å². The van der Waals surface area contributed by atoms with Crippen LogP contribution in [0.1, 0.15) is 392 Å². The monoisotopic (exact) mass is 3680 g/mol. The minimum absolute atomic E-state index is 0. The molecule has 0 aromatic heterocycles. The Bertz CT molecular complexity index is 2340. The molecule has 0 spiro atoms. The number of aliphatic carboxylic acids is 4. The van der Waals surface area contributed by atoms with E-state index in [0.29, 0.717) is 87.8 Å². The van der Waals surface area contributed by atoms with Crippen LogP contribution in [0.3, 0.4) is 0 Å². The van der Waals surface area contributed by atoms with E-state index in [2.05, 4.69) is 291 Å². The molecule has 0 aromatic carbocycles. The summed E-state index contributed by atoms with van der Waals surface area (Å²) < 4.78 is 0.167. The smallest absolute Gasteiger partial charge is 0.795 e. The molecule has 15 unspecified atom stereocenters. The fourth-order valence-corrected chi connectivity index (χ4v) is 8.20. The molecular weight excluding hydrogens is 3450 g/mol. The average molecular weight is 3680 g/mol. The maximum Gasteiger partial charge on any atom is 4.00 e. The molecule has 35 heteroatoms. The molecule has 0 fully saturated rings. The predicted octanol–water partition coefficient (Wildman–Crippen LogP) is 34.9. The van der Waals surface area contributed by atoms with Gasteiger partial charge in [0.25, 0.3) is 0 Å². The van der Waals surface area contributed by atoms with Crippen LogP contribution in [0.15, 0.2) is 0 Å². The minimum Gasteiger partial charge on any atom is -0.795 e. The third-order valence-corrected chi connectivity index (χ3v) is 25.2. The Balaban J connectivity index is -0.0000000463. The van der Waals surface area contributed by atoms with Crippen molar-refractivity contribution >= 4 is 138 Å². The van der Waals surface area contributed by atoms with E-state index in [9.17, 15) is 19.2 Å². The maximum absolute atomic E-state index is 10.5. The van der Waals surface area contributed by atoms with Gasteiger partial charge in [-0.25, -0.2) is 5.75 Å². The zero-order valence-corrected chi connectivity index (χ0v) is 127. The molecule has 0 aliphatic carbocycles. The van der Waals surface area contributed by atoms with Crippen LogP contribution in [0, 0.1) is 185 Å². The van der Waals surface area contributed by atoms with Crippen molar-refractivity contribution in [1.82, 2.24) is 0 Å². The van der Waals surface area contributed by atoms with Crippen molar-refractivity contribution in [2.75, 3.05) is 56.5 Å². The van der Waals surface area contributed by atoms with E-state index in [4.69, 9.17) is 191 Å². The van der Waals surface area contributed by atoms with Crippen LogP contribution in [-0.2, 0) is 301 Å². The summed E-state index contributed by atoms with van der Waals surface area (Å²) in [4.78, 5) is 41.4. The molecule has 0 bridgehead atoms. The topological polar surface area (TPSA) is 387 Å². The Morgan fingerprint density at radius 3 is 0.363 bits per heavy atom. The quantitative estimate of drug-likeness (QED) is 0.0689. The van der Waals surface area contributed by atoms with Crippen LogP contribution in [0.25, 0.3) is 57.3 Å². The first kappa shape index (κ1) is 215. The summed E-state index contributed by atoms with van der Waals surface area (Å²) in [7, 11) is 0. The molecule has 0 heterocycles. The number of nitrogens with one attached hydrogen (secondary N) is 10. The molecule has 0 aliphatic heterocycles. The van der Waals surface area contributed by atoms with Crippen LogP contribution in [0.5, 0.6) is 0 Å². The van der Waals surface area contributed by atoms with Gasteiger partial charge in [-0.15, -0.1) is 10.5 Å². The van der Waals surface area contributed by atoms with E-state index >= 15 is 0 Å². The first-order valence-corrected chi connectivity index (χ1v) is 52.9. The summed E-state index contributed by atoms with van der Waals surface area (Å²) in [6.07, 6.45) is 3.01. The van der Waals surface area contributed by atoms with E-state index < -0.39 is 35.7 Å². The van der Waals surface area contributed by atoms with Gasteiger partial charge >= 0.3 is 108 Å². The standard InChI is InChI=1S/8C7H15N.4C7H14O2S.C7H15S.2C6H14NS.2C4H10S.8Pt/c4*1-6(5-8)7(2,3)4;4*1-5-6(8)7(2,3)4;2*1-7(2,3)5(4-10)6(8)9;2*1-7(2,3)5(10)4-6(8)9;1-6(5-8)7(2,3)4;2*1-6(2,3)5(8)4-7;2*1-4(2,3)5;;;;;;;;/h8*6,8H,1,5H2,2-4H3;4*5,10H,4H2,1-3H3,(H,8,9);6,8H,1,5H2,2-4H3;2*5,7-8H,4H2,1-3H3;2*5H,1-3H3;;;;;;;;/q8*-2;;;;;3*-1;;;;;;;4*+4/p-9. The first-order chi connectivity index (χ1) is 59.8. The summed E-state index contributed by atoms with van der Waals surface area (Å²) in [5.74, 6) is -1.17. The van der Waals surface area contributed by atoms with Crippen molar-refractivity contribution in [2.45, 2.75) is 446 Å². The van der Waals surface area contributed by atoms with E-state index in [-0.39, 0.29) is 336 Å². The molecule has 15 atom stereocenters. The summed E-state index contributed by atoms with van der Waals surface area (Å²) in [6, 6.07) is -0.0463. The average Bonchev–Trinajstić information content (AvgIpc) is 0.880. The predicted molar refractivity (Wildman–Crippen MR) is 646 cm³/mol. The van der Waals surface area contributed by atoms with Gasteiger partial charge in [0.2, 0.25) is 0 Å². The fourth-order valence-electron chi connectivity index (χ4n) is 6.13. The molecule has 0 saturated heterocycles. The fraction of sp³-hybridized carbons (Fsp3) is 0.883. The van der Waals surface area contributed by atoms with Crippen molar-refractivity contribution in [3.8, 4) is 0 Å². The van der Waals surface area contributed by atoms with Gasteiger partial charge in [-0.3, -0.25) is 19.2 Å². The van der Waals surface area contributed by atoms with Gasteiger partial charge in [0.05, 0.1) is 0 Å². The Morgan fingerprint density at radius 2 is 0.356 bits per heavy atom. The van der Waals surface area contributed by atoms with E-state index in [1.165, 1.54) is 0 Å². The van der Waals surface area contributed by atoms with Crippen LogP contribution in [0.2, 0.25) is 0 Å². The van der Waals surface area contributed by atoms with Gasteiger partial charge in [-0.05, 0) is 10.8 Å². The third kappa shape index (κ3) is 175. The van der Waals surface area contributed by atoms with Crippen LogP contribution < -0.4 is 0 Å². The summed E-state index contributed by atoms with van der Waals surface area (Å²) >= 11 is 43.9. The number of hydrogen-bond acceptors (Lipinski definition) is 13. The van der Waals surface area contributed by atoms with Crippen molar-refractivity contribution in [3.05, 3.63) is 120 Å². The van der Waals surface area contributed by atoms with Crippen molar-refractivity contribution in [2.24, 2.45) is 123 Å². The number of carbonyl (C=O) groups is 4. The van der Waals surface area contributed by atoms with Crippen molar-refractivity contribution in [1.29, 1.82) is 0 Å². The molecule has 146 heavy (non-hydrogen) atoms. The van der Waals surface area contributed by atoms with Crippen LogP contribution in [0.4, 0.5) is 0 Å². The molecule has 918 valence electrons. The number of rotatable bonds is 19. The summed E-state index contributed by atoms with van der Waals surface area (Å²) in [5, 5.41) is 33.9. The number of carboxylic acid groups (broad SMARTS) is 4. The van der Waals surface area contributed by atoms with Gasteiger partial charge in [-0.2, -0.15) is 150 Å². The van der Waals surface area contributed by atoms with Crippen molar-refractivity contribution < 1.29 is 208 Å². The Morgan fingerprint density at radius 1 is 0.233 bits per heavy atom. The van der Waals surface area contributed by atoms with Crippen molar-refractivity contribution in [3.63, 3.8) is 0 Å². The van der Waals surface area contributed by atoms with Gasteiger partial charge in [-0.1, -0.05) is 424 Å². The third-order valence-electron chi connectivity index (χ3n) is 20.6. The second kappa shape index (κ2) is 105. The molecule has 0 aliphatic rings. The van der Waals surface area contributed by atoms with Gasteiger partial charge in [0.15, 0.2) is 0 Å². The Hall–Kier alpha value is 6.14. The second-order valence-corrected chi connectivity index (χ2v) is 58.9. The molecule has 0 rings (SSSR count). The molecule has 0 radical (unpaired) electrons. The largest absolute Gasteiger partial charge is 4.00 e. The molecule has 0 aromatic rings. The summed E-state index contributed by atoms with van der Waals surface area (Å²) in [6.45, 7) is 140. The zero-order chi connectivity index (χ0) is 117. The van der Waals surface area contributed by atoms with Gasteiger partial charge in [0.1, 0.15) is 0 Å². The molecule has 0 saturated carbocycles. The van der Waals surface area contributed by atoms with Gasteiger partial charge < -0.3 is 254 Å². The first-order valence-electron chi connectivity index (χ1n) is 48.5. The van der Waals surface area contributed by atoms with Crippen LogP contribution in [-0.4, -0.2) is 155 Å². The zero-order valence-electron chi connectivity index (χ0n) is 102. The summed E-state index contributed by atoms with van der Waals surface area (Å²) in [5.41, 5.74) is 72.8. The minimum atomic E-state index is -0.810. The van der Waals surface area contributed by atoms with E-state index in [0.717, 1.165) is 5.75 Å². The van der Waals surface area contributed by atoms with Gasteiger partial charge in [0, 0.05) is 109 Å². The molecule has 0 amide bonds. The number of hydrogen-bond donors (Lipinski definition) is 4. The second-order valence-electron chi connectivity index (χ2n) is 53.2. The maximum atomic E-state index is 10.5. The molecule has 14 N–H and O–H groups in total. The van der Waals surface area contributed by atoms with E-state index in [1.807, 2.05) is 125 Å². The molecular formula is C111H230N10O8Pt8S9-12. The SMILES string of the molecule is CC(C)(C)C(C[S-])C(=O)O.CC(C)(C)C(C[S-])C(=O)O.CC(C)(C)C([S-])CC(=O)O.CC(C)(C)C([S-])CC(=O)O.CC(C)(C)C([S-])C[NH-].CC(C)(C)C([S-])C[NH-].CC(C)(C)[S-].CC(C)(C)[S-].[CH2-]C(C[NH-])C(C)(C)C.[CH2-]C(C[NH-])C(C)(C)C.[CH2-]C(C[NH-])C(C)(C)C.[CH2-]C(C[NH-])C(C)(C)C.[CH2-]C(C[S-])C(C)(C)C.[CH2-]CC([NH-])C(C)(C)C.[CH2-]CC([NH-])C(C)(C)C.[CH2-]CC([NH-])C(C)(C)C.[CH2-]CC([NH-])C(C)(C)C.[Pt+4].[Pt+4].[Pt+4].[Pt+4].[Pt].[Pt].[Pt].[Pt]. The number of carboxylic acids is 4. The Kier molecular flexibility index (Phi) is 155. The normalized spacial score (nSPS) is 14.6. The van der Waals surface area contributed by atoms with E-state index in [1.54, 1.807) is 0 Å². The van der Waals surface area contributed by atoms with Crippen LogP contribution >= 0.6 is 0 Å².